The molecule has 0 fully saturated rings. The minimum atomic E-state index is -0.486. The fourth-order valence-corrected chi connectivity index (χ4v) is 0.436. The number of carbonyl (C=O) groups is 1. The third-order valence-corrected chi connectivity index (χ3v) is 0.737. The van der Waals surface area contributed by atoms with Crippen LogP contribution in [0, 0.1) is 0 Å². The van der Waals surface area contributed by atoms with Crippen LogP contribution in [-0.4, -0.2) is 5.78 Å². The maximum Gasteiger partial charge on any atom is 0.155 e. The van der Waals surface area contributed by atoms with Gasteiger partial charge in [-0.2, -0.15) is 0 Å². The van der Waals surface area contributed by atoms with Gasteiger partial charge in [-0.1, -0.05) is 6.08 Å². The van der Waals surface area contributed by atoms with Crippen LogP contribution in [0.5, 0.6) is 0 Å². The molecule has 0 bridgehead atoms. The van der Waals surface area contributed by atoms with E-state index >= 15 is 0 Å². The van der Waals surface area contributed by atoms with E-state index < -0.39 is 6.40 Å². The highest BCUT2D eigenvalue weighted by Crippen LogP contribution is 2.01. The molecule has 1 heteroatoms. The van der Waals surface area contributed by atoms with Crippen LogP contribution in [0.25, 0.3) is 0 Å². The van der Waals surface area contributed by atoms with Crippen LogP contribution in [0.3, 0.4) is 0 Å². The van der Waals surface area contributed by atoms with Crippen molar-refractivity contribution in [3.8, 4) is 0 Å². The molecule has 0 unspecified atom stereocenters. The van der Waals surface area contributed by atoms with Gasteiger partial charge in [-0.05, 0) is 12.5 Å². The predicted octanol–water partition coefficient (Wildman–Crippen LogP) is 0.905. The van der Waals surface area contributed by atoms with Crippen molar-refractivity contribution in [3.63, 3.8) is 0 Å². The van der Waals surface area contributed by atoms with Gasteiger partial charge < -0.3 is 0 Å². The number of hydrogen-bond acceptors (Lipinski definition) is 1. The number of ketones is 1. The van der Waals surface area contributed by atoms with Crippen LogP contribution >= 0.6 is 0 Å². The SMILES string of the molecule is [2H][C@@H]1CC=CC1=O. The first kappa shape index (κ1) is 2.56. The van der Waals surface area contributed by atoms with E-state index in [9.17, 15) is 4.79 Å². The summed E-state index contributed by atoms with van der Waals surface area (Å²) in [4.78, 5) is 10.3. The second-order valence-electron chi connectivity index (χ2n) is 1.24. The van der Waals surface area contributed by atoms with E-state index in [4.69, 9.17) is 1.37 Å². The average molecular weight is 83.1 g/mol. The van der Waals surface area contributed by atoms with E-state index in [-0.39, 0.29) is 5.78 Å². The first-order chi connectivity index (χ1) is 3.30. The zero-order valence-corrected chi connectivity index (χ0v) is 3.35. The van der Waals surface area contributed by atoms with Crippen molar-refractivity contribution in [2.75, 3.05) is 0 Å². The molecule has 1 rings (SSSR count). The fourth-order valence-electron chi connectivity index (χ4n) is 0.436. The van der Waals surface area contributed by atoms with Crippen molar-refractivity contribution in [2.24, 2.45) is 0 Å². The molecule has 6 heavy (non-hydrogen) atoms. The second-order valence-corrected chi connectivity index (χ2v) is 1.24. The molecule has 1 nitrogen and oxygen atoms in total. The van der Waals surface area contributed by atoms with Gasteiger partial charge in [0, 0.05) is 7.77 Å². The van der Waals surface area contributed by atoms with E-state index in [1.807, 2.05) is 0 Å². The lowest BCUT2D eigenvalue weighted by Crippen LogP contribution is -1.80. The Balaban J connectivity index is 2.62. The molecule has 0 aromatic carbocycles. The van der Waals surface area contributed by atoms with Gasteiger partial charge >= 0.3 is 0 Å². The highest BCUT2D eigenvalue weighted by atomic mass is 16.1. The number of rotatable bonds is 0. The van der Waals surface area contributed by atoms with Crippen molar-refractivity contribution < 1.29 is 6.17 Å². The van der Waals surface area contributed by atoms with Crippen molar-refractivity contribution >= 4 is 5.78 Å². The molecule has 0 aliphatic heterocycles. The summed E-state index contributed by atoms with van der Waals surface area (Å²) in [6, 6.07) is 0. The van der Waals surface area contributed by atoms with E-state index in [0.29, 0.717) is 6.42 Å². The Hall–Kier alpha value is -0.590. The van der Waals surface area contributed by atoms with Crippen molar-refractivity contribution in [2.45, 2.75) is 12.8 Å². The average Bonchev–Trinajstić information content (AvgIpc) is 1.91. The number of hydrogen-bond donors (Lipinski definition) is 0. The molecule has 0 saturated heterocycles. The maximum absolute atomic E-state index is 10.3. The second kappa shape index (κ2) is 1.25. The predicted molar refractivity (Wildman–Crippen MR) is 23.4 cm³/mol. The topological polar surface area (TPSA) is 17.1 Å². The van der Waals surface area contributed by atoms with E-state index in [0.717, 1.165) is 0 Å². The van der Waals surface area contributed by atoms with Gasteiger partial charge in [-0.15, -0.1) is 0 Å². The van der Waals surface area contributed by atoms with Crippen LogP contribution in [0.15, 0.2) is 12.2 Å². The van der Waals surface area contributed by atoms with Crippen LogP contribution in [0.2, 0.25) is 0 Å². The smallest absolute Gasteiger partial charge is 0.155 e. The molecular formula is C5H6O. The Bertz CT molecular complexity index is 117. The molecule has 32 valence electrons. The quantitative estimate of drug-likeness (QED) is 0.425. The lowest BCUT2D eigenvalue weighted by molar-refractivity contribution is -0.114. The maximum atomic E-state index is 10.3. The summed E-state index contributed by atoms with van der Waals surface area (Å²) in [5.41, 5.74) is 0. The monoisotopic (exact) mass is 83.0 g/mol. The summed E-state index contributed by atoms with van der Waals surface area (Å²) in [6.07, 6.45) is 3.33. The zero-order valence-electron chi connectivity index (χ0n) is 4.35. The highest BCUT2D eigenvalue weighted by Gasteiger charge is 1.98. The first-order valence-electron chi connectivity index (χ1n) is 2.51. The highest BCUT2D eigenvalue weighted by molar-refractivity contribution is 5.91. The fraction of sp³-hybridized carbons (Fsp3) is 0.400. The zero-order chi connectivity index (χ0) is 5.28. The van der Waals surface area contributed by atoms with Crippen LogP contribution in [-0.2, 0) is 4.79 Å². The Morgan fingerprint density at radius 3 is 3.00 bits per heavy atom. The molecular weight excluding hydrogens is 76.1 g/mol. The summed E-state index contributed by atoms with van der Waals surface area (Å²) < 4.78 is 6.93. The molecule has 1 aliphatic carbocycles. The lowest BCUT2D eigenvalue weighted by Gasteiger charge is -1.71. The Morgan fingerprint density at radius 1 is 2.00 bits per heavy atom. The van der Waals surface area contributed by atoms with Crippen molar-refractivity contribution in [1.82, 2.24) is 0 Å². The Kier molecular flexibility index (Phi) is 0.533. The minimum absolute atomic E-state index is 0.0556. The van der Waals surface area contributed by atoms with E-state index in [2.05, 4.69) is 0 Å². The Morgan fingerprint density at radius 2 is 2.83 bits per heavy atom. The van der Waals surface area contributed by atoms with E-state index in [1.54, 1.807) is 6.08 Å². The van der Waals surface area contributed by atoms with Gasteiger partial charge in [0.2, 0.25) is 0 Å². The van der Waals surface area contributed by atoms with Crippen molar-refractivity contribution in [3.05, 3.63) is 12.2 Å². The first-order valence-corrected chi connectivity index (χ1v) is 1.93. The molecule has 0 aromatic heterocycles. The van der Waals surface area contributed by atoms with Gasteiger partial charge in [0.15, 0.2) is 5.78 Å². The summed E-state index contributed by atoms with van der Waals surface area (Å²) in [6.45, 7) is 0. The van der Waals surface area contributed by atoms with Crippen LogP contribution in [0.4, 0.5) is 0 Å². The third-order valence-electron chi connectivity index (χ3n) is 0.737. The largest absolute Gasteiger partial charge is 0.295 e. The molecule has 0 N–H and O–H groups in total. The van der Waals surface area contributed by atoms with Gasteiger partial charge in [0.05, 0.1) is 0 Å². The molecule has 0 radical (unpaired) electrons. The normalized spacial score (nSPS) is 34.3. The summed E-state index contributed by atoms with van der Waals surface area (Å²) in [5.74, 6) is -0.0556. The third kappa shape index (κ3) is 0.482. The van der Waals surface area contributed by atoms with Crippen LogP contribution < -0.4 is 0 Å². The minimum Gasteiger partial charge on any atom is -0.295 e. The van der Waals surface area contributed by atoms with Gasteiger partial charge in [-0.25, -0.2) is 0 Å². The molecule has 0 heterocycles. The van der Waals surface area contributed by atoms with Gasteiger partial charge in [0.1, 0.15) is 0 Å². The number of allylic oxidation sites excluding steroid dienone is 2. The Labute approximate surface area is 38.1 Å². The molecule has 1 aliphatic rings. The van der Waals surface area contributed by atoms with Gasteiger partial charge in [-0.3, -0.25) is 4.79 Å². The van der Waals surface area contributed by atoms with Crippen molar-refractivity contribution in [1.29, 1.82) is 0 Å². The molecule has 0 aromatic rings. The summed E-state index contributed by atoms with van der Waals surface area (Å²) in [7, 11) is 0. The van der Waals surface area contributed by atoms with E-state index in [1.165, 1.54) is 6.08 Å². The lowest BCUT2D eigenvalue weighted by atomic mass is 10.3. The number of carbonyl (C=O) groups excluding carboxylic acids is 1. The standard InChI is InChI=1S/C5H6O/c6-5-3-1-2-4-5/h1,3H,2,4H2/i4D/t4-/m1/s1. The summed E-state index contributed by atoms with van der Waals surface area (Å²) in [5, 5.41) is 0. The van der Waals surface area contributed by atoms with Gasteiger partial charge in [0.25, 0.3) is 0 Å². The molecule has 0 amide bonds. The molecule has 0 spiro atoms. The molecule has 0 saturated carbocycles. The molecule has 1 atom stereocenters. The van der Waals surface area contributed by atoms with Crippen LogP contribution in [0.1, 0.15) is 14.2 Å². The summed E-state index contributed by atoms with van der Waals surface area (Å²) >= 11 is 0.